The lowest BCUT2D eigenvalue weighted by atomic mass is 9.96. The Morgan fingerprint density at radius 3 is 1.78 bits per heavy atom. The van der Waals surface area contributed by atoms with Crippen LogP contribution in [0.1, 0.15) is 71.6 Å². The zero-order valence-corrected chi connectivity index (χ0v) is 21.5. The molecular weight excluding hydrogens is 470 g/mol. The topological polar surface area (TPSA) is 246 Å². The predicted molar refractivity (Wildman–Crippen MR) is 135 cm³/mol. The van der Waals surface area contributed by atoms with Crippen LogP contribution in [0, 0.1) is 5.92 Å². The molecule has 0 radical (unpaired) electrons. The van der Waals surface area contributed by atoms with E-state index in [4.69, 9.17) is 22.9 Å². The Morgan fingerprint density at radius 2 is 1.31 bits per heavy atom. The van der Waals surface area contributed by atoms with E-state index in [1.807, 2.05) is 6.92 Å². The van der Waals surface area contributed by atoms with E-state index in [9.17, 15) is 29.1 Å². The van der Waals surface area contributed by atoms with Crippen molar-refractivity contribution in [3.63, 3.8) is 0 Å². The maximum atomic E-state index is 13.2. The monoisotopic (exact) mass is 515 g/mol. The lowest BCUT2D eigenvalue weighted by molar-refractivity contribution is -0.142. The third-order valence-corrected chi connectivity index (χ3v) is 5.97. The minimum atomic E-state index is -1.18. The Bertz CT molecular complexity index is 721. The molecule has 0 saturated heterocycles. The molecule has 13 heteroatoms. The van der Waals surface area contributed by atoms with E-state index in [1.54, 1.807) is 6.92 Å². The minimum Gasteiger partial charge on any atom is -0.480 e. The van der Waals surface area contributed by atoms with Gasteiger partial charge >= 0.3 is 5.97 Å². The van der Waals surface area contributed by atoms with Crippen LogP contribution in [0.2, 0.25) is 0 Å². The summed E-state index contributed by atoms with van der Waals surface area (Å²) >= 11 is 0. The Kier molecular flexibility index (Phi) is 17.1. The van der Waals surface area contributed by atoms with Gasteiger partial charge in [-0.05, 0) is 64.0 Å². The summed E-state index contributed by atoms with van der Waals surface area (Å²) in [4.78, 5) is 61.3. The molecule has 4 amide bonds. The summed E-state index contributed by atoms with van der Waals surface area (Å²) in [5, 5.41) is 17.3. The molecule has 0 spiro atoms. The van der Waals surface area contributed by atoms with Gasteiger partial charge < -0.3 is 44.0 Å². The third-order valence-electron chi connectivity index (χ3n) is 5.97. The Balaban J connectivity index is 5.50. The molecule has 0 aromatic heterocycles. The first-order chi connectivity index (χ1) is 17.0. The highest BCUT2D eigenvalue weighted by Crippen LogP contribution is 2.11. The standard InChI is InChI=1S/C23H45N7O6/c1-3-14(2)19(30-20(32)15(26)10-11-18(27)31)22(34)28-16(8-4-6-12-24)21(33)29-17(23(35)36)9-5-7-13-25/h14-17,19H,3-13,24-26H2,1-2H3,(H2,27,31)(H,28,34)(H,29,33)(H,30,32)(H,35,36). The Morgan fingerprint density at radius 1 is 0.778 bits per heavy atom. The molecule has 5 unspecified atom stereocenters. The van der Waals surface area contributed by atoms with Gasteiger partial charge in [0, 0.05) is 6.42 Å². The average molecular weight is 516 g/mol. The molecule has 5 atom stereocenters. The van der Waals surface area contributed by atoms with Crippen molar-refractivity contribution in [1.29, 1.82) is 0 Å². The first kappa shape index (κ1) is 33.2. The summed E-state index contributed by atoms with van der Waals surface area (Å²) in [6.07, 6.45) is 3.22. The van der Waals surface area contributed by atoms with E-state index in [-0.39, 0.29) is 31.6 Å². The van der Waals surface area contributed by atoms with E-state index in [1.165, 1.54) is 0 Å². The molecule has 12 N–H and O–H groups in total. The van der Waals surface area contributed by atoms with Gasteiger partial charge in [0.25, 0.3) is 0 Å². The Hall–Kier alpha value is -2.77. The van der Waals surface area contributed by atoms with Crippen LogP contribution in [0.25, 0.3) is 0 Å². The van der Waals surface area contributed by atoms with Crippen LogP contribution >= 0.6 is 0 Å². The summed E-state index contributed by atoms with van der Waals surface area (Å²) in [5.41, 5.74) is 21.9. The van der Waals surface area contributed by atoms with Gasteiger partial charge in [0.2, 0.25) is 23.6 Å². The fourth-order valence-corrected chi connectivity index (χ4v) is 3.44. The number of carboxylic acids is 1. The number of rotatable bonds is 20. The van der Waals surface area contributed by atoms with Crippen LogP contribution in [0.5, 0.6) is 0 Å². The molecule has 0 aliphatic carbocycles. The molecular formula is C23H45N7O6. The number of hydrogen-bond donors (Lipinski definition) is 8. The van der Waals surface area contributed by atoms with Crippen LogP contribution in [0.4, 0.5) is 0 Å². The average Bonchev–Trinajstić information content (AvgIpc) is 2.83. The molecule has 0 aliphatic rings. The second-order valence-electron chi connectivity index (χ2n) is 9.01. The van der Waals surface area contributed by atoms with Crippen molar-refractivity contribution in [2.45, 2.75) is 95.8 Å². The van der Waals surface area contributed by atoms with Crippen molar-refractivity contribution in [3.05, 3.63) is 0 Å². The van der Waals surface area contributed by atoms with Crippen molar-refractivity contribution in [1.82, 2.24) is 16.0 Å². The summed E-state index contributed by atoms with van der Waals surface area (Å²) < 4.78 is 0. The van der Waals surface area contributed by atoms with Crippen molar-refractivity contribution >= 4 is 29.6 Å². The molecule has 0 heterocycles. The molecule has 0 bridgehead atoms. The van der Waals surface area contributed by atoms with Gasteiger partial charge in [-0.2, -0.15) is 0 Å². The number of carbonyl (C=O) groups excluding carboxylic acids is 4. The minimum absolute atomic E-state index is 0.0286. The molecule has 13 nitrogen and oxygen atoms in total. The summed E-state index contributed by atoms with van der Waals surface area (Å²) in [7, 11) is 0. The Labute approximate surface area is 212 Å². The highest BCUT2D eigenvalue weighted by Gasteiger charge is 2.32. The summed E-state index contributed by atoms with van der Waals surface area (Å²) in [5.74, 6) is -3.92. The number of aliphatic carboxylic acids is 1. The smallest absolute Gasteiger partial charge is 0.326 e. The van der Waals surface area contributed by atoms with Crippen LogP contribution in [0.3, 0.4) is 0 Å². The maximum Gasteiger partial charge on any atom is 0.326 e. The van der Waals surface area contributed by atoms with Gasteiger partial charge in [-0.15, -0.1) is 0 Å². The lowest BCUT2D eigenvalue weighted by Crippen LogP contribution is -2.58. The molecule has 0 saturated carbocycles. The van der Waals surface area contributed by atoms with Crippen molar-refractivity contribution in [3.8, 4) is 0 Å². The van der Waals surface area contributed by atoms with Gasteiger partial charge in [-0.1, -0.05) is 20.3 Å². The number of unbranched alkanes of at least 4 members (excludes halogenated alkanes) is 2. The fraction of sp³-hybridized carbons (Fsp3) is 0.783. The van der Waals surface area contributed by atoms with Crippen molar-refractivity contribution < 1.29 is 29.1 Å². The predicted octanol–water partition coefficient (Wildman–Crippen LogP) is -1.58. The largest absolute Gasteiger partial charge is 0.480 e. The van der Waals surface area contributed by atoms with Gasteiger partial charge in [0.1, 0.15) is 18.1 Å². The quantitative estimate of drug-likeness (QED) is 0.0870. The lowest BCUT2D eigenvalue weighted by Gasteiger charge is -2.28. The van der Waals surface area contributed by atoms with Crippen LogP contribution in [-0.4, -0.2) is 72.0 Å². The van der Waals surface area contributed by atoms with Crippen LogP contribution in [-0.2, 0) is 24.0 Å². The zero-order chi connectivity index (χ0) is 27.7. The van der Waals surface area contributed by atoms with Crippen molar-refractivity contribution in [2.75, 3.05) is 13.1 Å². The molecule has 0 aliphatic heterocycles. The van der Waals surface area contributed by atoms with E-state index < -0.39 is 53.8 Å². The SMILES string of the molecule is CCC(C)C(NC(=O)C(N)CCC(N)=O)C(=O)NC(CCCCN)C(=O)NC(CCCCN)C(=O)O. The highest BCUT2D eigenvalue weighted by molar-refractivity contribution is 5.94. The van der Waals surface area contributed by atoms with E-state index >= 15 is 0 Å². The number of amides is 4. The van der Waals surface area contributed by atoms with Gasteiger partial charge in [-0.3, -0.25) is 19.2 Å². The number of hydrogen-bond acceptors (Lipinski definition) is 8. The highest BCUT2D eigenvalue weighted by atomic mass is 16.4. The molecule has 36 heavy (non-hydrogen) atoms. The summed E-state index contributed by atoms with van der Waals surface area (Å²) in [6.45, 7) is 4.41. The van der Waals surface area contributed by atoms with Crippen LogP contribution < -0.4 is 38.9 Å². The molecule has 0 fully saturated rings. The first-order valence-corrected chi connectivity index (χ1v) is 12.6. The van der Waals surface area contributed by atoms with Crippen LogP contribution in [0.15, 0.2) is 0 Å². The summed E-state index contributed by atoms with van der Waals surface area (Å²) in [6, 6.07) is -4.17. The number of carboxylic acid groups (broad SMARTS) is 1. The second-order valence-corrected chi connectivity index (χ2v) is 9.01. The number of nitrogens with one attached hydrogen (secondary N) is 3. The second kappa shape index (κ2) is 18.5. The number of nitrogens with two attached hydrogens (primary N) is 4. The fourth-order valence-electron chi connectivity index (χ4n) is 3.44. The third kappa shape index (κ3) is 13.4. The van der Waals surface area contributed by atoms with E-state index in [0.717, 1.165) is 0 Å². The van der Waals surface area contributed by atoms with Gasteiger partial charge in [-0.25, -0.2) is 4.79 Å². The normalized spacial score (nSPS) is 15.1. The van der Waals surface area contributed by atoms with E-state index in [2.05, 4.69) is 16.0 Å². The first-order valence-electron chi connectivity index (χ1n) is 12.6. The van der Waals surface area contributed by atoms with Gasteiger partial charge in [0.05, 0.1) is 6.04 Å². The van der Waals surface area contributed by atoms with Gasteiger partial charge in [0.15, 0.2) is 0 Å². The van der Waals surface area contributed by atoms with Crippen molar-refractivity contribution in [2.24, 2.45) is 28.9 Å². The molecule has 208 valence electrons. The molecule has 0 aromatic carbocycles. The zero-order valence-electron chi connectivity index (χ0n) is 21.5. The van der Waals surface area contributed by atoms with E-state index in [0.29, 0.717) is 45.2 Å². The number of carbonyl (C=O) groups is 5. The maximum absolute atomic E-state index is 13.2. The molecule has 0 rings (SSSR count). The number of primary amides is 1. The molecule has 0 aromatic rings.